The summed E-state index contributed by atoms with van der Waals surface area (Å²) >= 11 is 13.1. The summed E-state index contributed by atoms with van der Waals surface area (Å²) in [6.45, 7) is 3.78. The molecule has 174 valence electrons. The zero-order chi connectivity index (χ0) is 24.7. The summed E-state index contributed by atoms with van der Waals surface area (Å²) in [4.78, 5) is 24.8. The van der Waals surface area contributed by atoms with Gasteiger partial charge < -0.3 is 14.8 Å². The highest BCUT2D eigenvalue weighted by atomic mass is 35.5. The number of carbonyl (C=O) groups is 2. The second kappa shape index (κ2) is 11.7. The largest absolute Gasteiger partial charge is 0.489 e. The predicted octanol–water partition coefficient (Wildman–Crippen LogP) is 6.74. The highest BCUT2D eigenvalue weighted by Gasteiger charge is 2.19. The summed E-state index contributed by atoms with van der Waals surface area (Å²) in [5.41, 5.74) is 1.64. The number of esters is 1. The van der Waals surface area contributed by atoms with E-state index in [4.69, 9.17) is 32.7 Å². The van der Waals surface area contributed by atoms with E-state index in [1.54, 1.807) is 61.7 Å². The zero-order valence-electron chi connectivity index (χ0n) is 18.3. The van der Waals surface area contributed by atoms with Gasteiger partial charge in [0.2, 0.25) is 0 Å². The molecule has 1 heterocycles. The maximum Gasteiger partial charge on any atom is 0.341 e. The molecule has 9 heteroatoms. The number of halogens is 2. The number of hydrogen-bond donors (Lipinski definition) is 1. The van der Waals surface area contributed by atoms with Crippen molar-refractivity contribution in [3.63, 3.8) is 0 Å². The number of anilines is 1. The van der Waals surface area contributed by atoms with Crippen molar-refractivity contribution in [2.45, 2.75) is 26.6 Å². The standard InChI is InChI=1S/C25H20Cl2N2O4S/c1-15(2)33-25(31)20-9-10-34-24(20)29-23(30)18(13-28)11-16-3-6-19(7-4-16)32-14-17-5-8-21(26)22(27)12-17/h3-12,15H,14H2,1-2H3,(H,29,30). The summed E-state index contributed by atoms with van der Waals surface area (Å²) < 4.78 is 10.9. The van der Waals surface area contributed by atoms with Crippen molar-refractivity contribution in [3.05, 3.63) is 86.2 Å². The lowest BCUT2D eigenvalue weighted by Crippen LogP contribution is -2.17. The minimum absolute atomic E-state index is 0.110. The Labute approximate surface area is 211 Å². The third-order valence-corrected chi connectivity index (χ3v) is 5.97. The molecular formula is C25H20Cl2N2O4S. The van der Waals surface area contributed by atoms with E-state index in [0.29, 0.717) is 33.0 Å². The molecule has 34 heavy (non-hydrogen) atoms. The van der Waals surface area contributed by atoms with E-state index in [2.05, 4.69) is 5.32 Å². The maximum absolute atomic E-state index is 12.6. The van der Waals surface area contributed by atoms with Gasteiger partial charge in [-0.15, -0.1) is 11.3 Å². The van der Waals surface area contributed by atoms with Crippen LogP contribution in [-0.2, 0) is 16.1 Å². The number of benzene rings is 2. The van der Waals surface area contributed by atoms with Gasteiger partial charge in [-0.25, -0.2) is 4.79 Å². The molecule has 0 aliphatic carbocycles. The Bertz CT molecular complexity index is 1260. The highest BCUT2D eigenvalue weighted by Crippen LogP contribution is 2.26. The van der Waals surface area contributed by atoms with Gasteiger partial charge >= 0.3 is 5.97 Å². The van der Waals surface area contributed by atoms with Gasteiger partial charge in [0.25, 0.3) is 5.91 Å². The molecule has 3 rings (SSSR count). The number of thiophene rings is 1. The van der Waals surface area contributed by atoms with Gasteiger partial charge in [-0.05, 0) is 66.8 Å². The number of carbonyl (C=O) groups excluding carboxylic acids is 2. The van der Waals surface area contributed by atoms with E-state index >= 15 is 0 Å². The fourth-order valence-corrected chi connectivity index (χ4v) is 3.88. The van der Waals surface area contributed by atoms with Crippen molar-refractivity contribution in [2.75, 3.05) is 5.32 Å². The van der Waals surface area contributed by atoms with E-state index in [1.165, 1.54) is 17.4 Å². The van der Waals surface area contributed by atoms with E-state index in [-0.39, 0.29) is 17.2 Å². The van der Waals surface area contributed by atoms with Gasteiger partial charge in [-0.1, -0.05) is 41.4 Å². The lowest BCUT2D eigenvalue weighted by molar-refractivity contribution is -0.112. The first-order valence-electron chi connectivity index (χ1n) is 10.1. The SMILES string of the molecule is CC(C)OC(=O)c1ccsc1NC(=O)C(C#N)=Cc1ccc(OCc2ccc(Cl)c(Cl)c2)cc1. The molecular weight excluding hydrogens is 495 g/mol. The van der Waals surface area contributed by atoms with E-state index in [0.717, 1.165) is 5.56 Å². The van der Waals surface area contributed by atoms with Gasteiger partial charge in [0.05, 0.1) is 21.7 Å². The Morgan fingerprint density at radius 2 is 1.85 bits per heavy atom. The Morgan fingerprint density at radius 1 is 1.12 bits per heavy atom. The van der Waals surface area contributed by atoms with Crippen LogP contribution in [-0.4, -0.2) is 18.0 Å². The molecule has 0 aliphatic rings. The average Bonchev–Trinajstić information content (AvgIpc) is 3.26. The number of rotatable bonds is 8. The molecule has 0 radical (unpaired) electrons. The smallest absolute Gasteiger partial charge is 0.341 e. The van der Waals surface area contributed by atoms with Crippen LogP contribution >= 0.6 is 34.5 Å². The van der Waals surface area contributed by atoms with Crippen molar-refractivity contribution in [3.8, 4) is 11.8 Å². The quantitative estimate of drug-likeness (QED) is 0.204. The molecule has 1 amide bonds. The Morgan fingerprint density at radius 3 is 2.50 bits per heavy atom. The second-order valence-corrected chi connectivity index (χ2v) is 9.08. The van der Waals surface area contributed by atoms with Crippen LogP contribution in [0.5, 0.6) is 5.75 Å². The molecule has 0 unspecified atom stereocenters. The monoisotopic (exact) mass is 514 g/mol. The molecule has 0 spiro atoms. The van der Waals surface area contributed by atoms with E-state index < -0.39 is 11.9 Å². The van der Waals surface area contributed by atoms with E-state index in [1.807, 2.05) is 12.1 Å². The van der Waals surface area contributed by atoms with Crippen LogP contribution < -0.4 is 10.1 Å². The van der Waals surface area contributed by atoms with Crippen LogP contribution in [0.25, 0.3) is 6.08 Å². The number of nitriles is 1. The summed E-state index contributed by atoms with van der Waals surface area (Å²) in [6.07, 6.45) is 1.17. The number of nitrogens with one attached hydrogen (secondary N) is 1. The molecule has 0 bridgehead atoms. The summed E-state index contributed by atoms with van der Waals surface area (Å²) in [5.74, 6) is -0.549. The van der Waals surface area contributed by atoms with Crippen molar-refractivity contribution >= 4 is 57.5 Å². The maximum atomic E-state index is 12.6. The number of nitrogens with zero attached hydrogens (tertiary/aromatic N) is 1. The predicted molar refractivity (Wildman–Crippen MR) is 134 cm³/mol. The van der Waals surface area contributed by atoms with Crippen LogP contribution in [0.3, 0.4) is 0 Å². The minimum atomic E-state index is -0.622. The molecule has 0 fully saturated rings. The third-order valence-electron chi connectivity index (χ3n) is 4.40. The van der Waals surface area contributed by atoms with Gasteiger partial charge in [-0.3, -0.25) is 4.79 Å². The average molecular weight is 515 g/mol. The lowest BCUT2D eigenvalue weighted by atomic mass is 10.1. The van der Waals surface area contributed by atoms with Gasteiger partial charge in [0.1, 0.15) is 29.0 Å². The fourth-order valence-electron chi connectivity index (χ4n) is 2.79. The number of ether oxygens (including phenoxy) is 2. The van der Waals surface area contributed by atoms with Gasteiger partial charge in [-0.2, -0.15) is 5.26 Å². The van der Waals surface area contributed by atoms with Crippen molar-refractivity contribution in [2.24, 2.45) is 0 Å². The molecule has 1 N–H and O–H groups in total. The molecule has 2 aromatic carbocycles. The van der Waals surface area contributed by atoms with Gasteiger partial charge in [0, 0.05) is 0 Å². The summed E-state index contributed by atoms with van der Waals surface area (Å²) in [6, 6.07) is 15.6. The number of hydrogen-bond acceptors (Lipinski definition) is 6. The topological polar surface area (TPSA) is 88.4 Å². The van der Waals surface area contributed by atoms with Crippen LogP contribution in [0.1, 0.15) is 35.3 Å². The first-order valence-corrected chi connectivity index (χ1v) is 11.8. The zero-order valence-corrected chi connectivity index (χ0v) is 20.6. The normalized spacial score (nSPS) is 11.1. The van der Waals surface area contributed by atoms with E-state index in [9.17, 15) is 14.9 Å². The molecule has 0 aliphatic heterocycles. The third kappa shape index (κ3) is 6.84. The number of amides is 1. The Hall–Kier alpha value is -3.31. The van der Waals surface area contributed by atoms with Crippen molar-refractivity contribution in [1.82, 2.24) is 0 Å². The van der Waals surface area contributed by atoms with Crippen LogP contribution in [0.4, 0.5) is 5.00 Å². The first-order chi connectivity index (χ1) is 16.3. The van der Waals surface area contributed by atoms with Crippen LogP contribution in [0.15, 0.2) is 59.5 Å². The molecule has 0 saturated carbocycles. The van der Waals surface area contributed by atoms with Crippen LogP contribution in [0.2, 0.25) is 10.0 Å². The van der Waals surface area contributed by atoms with Crippen molar-refractivity contribution < 1.29 is 19.1 Å². The van der Waals surface area contributed by atoms with Gasteiger partial charge in [0.15, 0.2) is 0 Å². The molecule has 3 aromatic rings. The lowest BCUT2D eigenvalue weighted by Gasteiger charge is -2.09. The Kier molecular flexibility index (Phi) is 8.72. The van der Waals surface area contributed by atoms with Crippen molar-refractivity contribution in [1.29, 1.82) is 5.26 Å². The summed E-state index contributed by atoms with van der Waals surface area (Å²) in [7, 11) is 0. The minimum Gasteiger partial charge on any atom is -0.489 e. The molecule has 0 saturated heterocycles. The molecule has 6 nitrogen and oxygen atoms in total. The molecule has 0 atom stereocenters. The first kappa shape index (κ1) is 25.3. The molecule has 1 aromatic heterocycles. The summed E-state index contributed by atoms with van der Waals surface area (Å²) in [5, 5.41) is 15.0. The Balaban J connectivity index is 1.65. The fraction of sp³-hybridized carbons (Fsp3) is 0.160. The van der Waals surface area contributed by atoms with Crippen LogP contribution in [0, 0.1) is 11.3 Å². The highest BCUT2D eigenvalue weighted by molar-refractivity contribution is 7.14. The second-order valence-electron chi connectivity index (χ2n) is 7.35.